The molecule has 1 fully saturated rings. The molecule has 21 heavy (non-hydrogen) atoms. The van der Waals surface area contributed by atoms with Crippen molar-refractivity contribution in [2.45, 2.75) is 39.2 Å². The molecule has 1 heterocycles. The van der Waals surface area contributed by atoms with Crippen molar-refractivity contribution in [3.63, 3.8) is 0 Å². The van der Waals surface area contributed by atoms with Crippen LogP contribution >= 0.6 is 0 Å². The largest absolute Gasteiger partial charge is 0.444 e. The van der Waals surface area contributed by atoms with Gasteiger partial charge in [-0.2, -0.15) is 8.42 Å². The van der Waals surface area contributed by atoms with Crippen LogP contribution in [0.15, 0.2) is 11.4 Å². The number of rotatable bonds is 3. The molecule has 0 unspecified atom stereocenters. The highest BCUT2D eigenvalue weighted by atomic mass is 32.2. The van der Waals surface area contributed by atoms with Gasteiger partial charge in [0.25, 0.3) is 10.1 Å². The van der Waals surface area contributed by atoms with Crippen LogP contribution in [0.3, 0.4) is 0 Å². The van der Waals surface area contributed by atoms with Gasteiger partial charge in [0.05, 0.1) is 6.26 Å². The van der Waals surface area contributed by atoms with Crippen molar-refractivity contribution in [2.75, 3.05) is 26.0 Å². The summed E-state index contributed by atoms with van der Waals surface area (Å²) in [4.78, 5) is 13.3. The zero-order valence-electron chi connectivity index (χ0n) is 12.8. The Labute approximate surface area is 125 Å². The standard InChI is InChI=1S/C13H22FNO5S/c1-13(2,3)20-12(16)15-7-5-6-10(8-15)11(14)9-19-21(4,17)18/h5-9H2,1-4H3/b11-10+. The monoisotopic (exact) mass is 323 g/mol. The Morgan fingerprint density at radius 2 is 2.00 bits per heavy atom. The third-order valence-corrected chi connectivity index (χ3v) is 3.27. The number of halogens is 1. The Bertz CT molecular complexity index is 521. The lowest BCUT2D eigenvalue weighted by molar-refractivity contribution is 0.0244. The first-order valence-corrected chi connectivity index (χ1v) is 8.48. The van der Waals surface area contributed by atoms with Gasteiger partial charge in [0.2, 0.25) is 0 Å². The molecule has 0 aromatic carbocycles. The van der Waals surface area contributed by atoms with Gasteiger partial charge in [-0.1, -0.05) is 0 Å². The topological polar surface area (TPSA) is 72.9 Å². The number of likely N-dealkylation sites (tertiary alicyclic amines) is 1. The van der Waals surface area contributed by atoms with Gasteiger partial charge in [-0.3, -0.25) is 4.18 Å². The van der Waals surface area contributed by atoms with Gasteiger partial charge in [-0.05, 0) is 39.2 Å². The summed E-state index contributed by atoms with van der Waals surface area (Å²) in [7, 11) is -3.69. The van der Waals surface area contributed by atoms with Gasteiger partial charge in [0.15, 0.2) is 0 Å². The lowest BCUT2D eigenvalue weighted by Gasteiger charge is -2.31. The Kier molecular flexibility index (Phi) is 5.75. The van der Waals surface area contributed by atoms with Crippen molar-refractivity contribution in [3.8, 4) is 0 Å². The van der Waals surface area contributed by atoms with E-state index in [4.69, 9.17) is 4.74 Å². The van der Waals surface area contributed by atoms with E-state index in [2.05, 4.69) is 4.18 Å². The normalized spacial score (nSPS) is 19.4. The predicted molar refractivity (Wildman–Crippen MR) is 76.0 cm³/mol. The third-order valence-electron chi connectivity index (χ3n) is 2.72. The van der Waals surface area contributed by atoms with E-state index in [0.717, 1.165) is 6.26 Å². The van der Waals surface area contributed by atoms with Crippen molar-refractivity contribution in [1.82, 2.24) is 4.90 Å². The molecule has 0 saturated carbocycles. The molecule has 1 saturated heterocycles. The average molecular weight is 323 g/mol. The average Bonchev–Trinajstić information content (AvgIpc) is 2.33. The molecule has 0 radical (unpaired) electrons. The fraction of sp³-hybridized carbons (Fsp3) is 0.769. The van der Waals surface area contributed by atoms with Crippen LogP contribution in [-0.2, 0) is 19.0 Å². The number of piperidine rings is 1. The van der Waals surface area contributed by atoms with E-state index in [1.165, 1.54) is 4.90 Å². The van der Waals surface area contributed by atoms with Crippen LogP contribution in [0.1, 0.15) is 33.6 Å². The molecule has 1 amide bonds. The minimum atomic E-state index is -3.69. The molecule has 0 aromatic heterocycles. The zero-order valence-corrected chi connectivity index (χ0v) is 13.6. The maximum absolute atomic E-state index is 13.9. The summed E-state index contributed by atoms with van der Waals surface area (Å²) >= 11 is 0. The molecule has 1 rings (SSSR count). The summed E-state index contributed by atoms with van der Waals surface area (Å²) < 4.78 is 45.3. The molecule has 122 valence electrons. The summed E-state index contributed by atoms with van der Waals surface area (Å²) in [5.74, 6) is -0.645. The number of carbonyl (C=O) groups excluding carboxylic acids is 1. The predicted octanol–water partition coefficient (Wildman–Crippen LogP) is 2.22. The molecule has 1 aliphatic rings. The second kappa shape index (κ2) is 6.74. The second-order valence-corrected chi connectivity index (χ2v) is 7.62. The summed E-state index contributed by atoms with van der Waals surface area (Å²) in [6, 6.07) is 0. The Morgan fingerprint density at radius 1 is 1.38 bits per heavy atom. The Morgan fingerprint density at radius 3 is 2.52 bits per heavy atom. The summed E-state index contributed by atoms with van der Waals surface area (Å²) in [6.45, 7) is 5.22. The fourth-order valence-corrected chi connectivity index (χ4v) is 2.15. The summed E-state index contributed by atoms with van der Waals surface area (Å²) in [6.07, 6.45) is 1.43. The van der Waals surface area contributed by atoms with Crippen molar-refractivity contribution >= 4 is 16.2 Å². The van der Waals surface area contributed by atoms with Crippen LogP contribution in [0.2, 0.25) is 0 Å². The lowest BCUT2D eigenvalue weighted by Crippen LogP contribution is -2.40. The molecule has 6 nitrogen and oxygen atoms in total. The first-order chi connectivity index (χ1) is 9.48. The smallest absolute Gasteiger partial charge is 0.410 e. The highest BCUT2D eigenvalue weighted by Gasteiger charge is 2.26. The van der Waals surface area contributed by atoms with Crippen molar-refractivity contribution in [3.05, 3.63) is 11.4 Å². The highest BCUT2D eigenvalue weighted by Crippen LogP contribution is 2.22. The van der Waals surface area contributed by atoms with Gasteiger partial charge in [0, 0.05) is 13.1 Å². The molecular weight excluding hydrogens is 301 g/mol. The van der Waals surface area contributed by atoms with Gasteiger partial charge < -0.3 is 9.64 Å². The fourth-order valence-electron chi connectivity index (χ4n) is 1.84. The highest BCUT2D eigenvalue weighted by molar-refractivity contribution is 7.85. The number of nitrogens with zero attached hydrogens (tertiary/aromatic N) is 1. The Balaban J connectivity index is 2.68. The van der Waals surface area contributed by atoms with E-state index >= 15 is 0 Å². The van der Waals surface area contributed by atoms with Crippen LogP contribution in [0, 0.1) is 0 Å². The van der Waals surface area contributed by atoms with Crippen LogP contribution in [0.5, 0.6) is 0 Å². The van der Waals surface area contributed by atoms with E-state index in [1.807, 2.05) is 0 Å². The molecule has 0 bridgehead atoms. The van der Waals surface area contributed by atoms with Crippen molar-refractivity contribution in [2.24, 2.45) is 0 Å². The van der Waals surface area contributed by atoms with Crippen LogP contribution in [0.25, 0.3) is 0 Å². The number of ether oxygens (including phenoxy) is 1. The van der Waals surface area contributed by atoms with E-state index in [1.54, 1.807) is 20.8 Å². The molecule has 1 aliphatic heterocycles. The number of hydrogen-bond acceptors (Lipinski definition) is 5. The van der Waals surface area contributed by atoms with E-state index in [0.29, 0.717) is 25.0 Å². The molecule has 0 N–H and O–H groups in total. The number of hydrogen-bond donors (Lipinski definition) is 0. The van der Waals surface area contributed by atoms with Crippen LogP contribution < -0.4 is 0 Å². The van der Waals surface area contributed by atoms with E-state index in [-0.39, 0.29) is 6.54 Å². The number of amides is 1. The molecule has 0 aliphatic carbocycles. The molecule has 0 aromatic rings. The van der Waals surface area contributed by atoms with Gasteiger partial charge in [-0.25, -0.2) is 9.18 Å². The third kappa shape index (κ3) is 6.90. The Hall–Kier alpha value is -1.15. The zero-order chi connectivity index (χ0) is 16.3. The van der Waals surface area contributed by atoms with Crippen LogP contribution in [-0.4, -0.2) is 51.0 Å². The van der Waals surface area contributed by atoms with Gasteiger partial charge >= 0.3 is 6.09 Å². The maximum atomic E-state index is 13.9. The van der Waals surface area contributed by atoms with Crippen molar-refractivity contribution < 1.29 is 26.5 Å². The molecule has 8 heteroatoms. The minimum absolute atomic E-state index is 0.0911. The maximum Gasteiger partial charge on any atom is 0.410 e. The molecule has 0 atom stereocenters. The quantitative estimate of drug-likeness (QED) is 0.745. The SMILES string of the molecule is CC(C)(C)OC(=O)N1CCC/C(=C(\F)COS(C)(=O)=O)C1. The number of carbonyl (C=O) groups is 1. The van der Waals surface area contributed by atoms with Gasteiger partial charge in [0.1, 0.15) is 18.0 Å². The van der Waals surface area contributed by atoms with Crippen LogP contribution in [0.4, 0.5) is 9.18 Å². The summed E-state index contributed by atoms with van der Waals surface area (Å²) in [5, 5.41) is 0. The molecule has 0 spiro atoms. The first kappa shape index (κ1) is 17.9. The van der Waals surface area contributed by atoms with E-state index in [9.17, 15) is 17.6 Å². The lowest BCUT2D eigenvalue weighted by atomic mass is 10.0. The summed E-state index contributed by atoms with van der Waals surface area (Å²) in [5.41, 5.74) is -0.244. The minimum Gasteiger partial charge on any atom is -0.444 e. The molecular formula is C13H22FNO5S. The van der Waals surface area contributed by atoms with Gasteiger partial charge in [-0.15, -0.1) is 0 Å². The second-order valence-electron chi connectivity index (χ2n) is 5.98. The first-order valence-electron chi connectivity index (χ1n) is 6.67. The van der Waals surface area contributed by atoms with Crippen molar-refractivity contribution in [1.29, 1.82) is 0 Å². The van der Waals surface area contributed by atoms with E-state index < -0.39 is 34.2 Å².